The number of rotatable bonds is 4. The maximum atomic E-state index is 11.3. The third-order valence-corrected chi connectivity index (χ3v) is 3.20. The molecule has 1 heterocycles. The molecule has 0 radical (unpaired) electrons. The van der Waals surface area contributed by atoms with Crippen LogP contribution in [0.15, 0.2) is 24.3 Å². The molecular weight excluding hydrogens is 264 g/mol. The zero-order valence-electron chi connectivity index (χ0n) is 10.9. The fourth-order valence-corrected chi connectivity index (χ4v) is 2.32. The summed E-state index contributed by atoms with van der Waals surface area (Å²) in [6, 6.07) is 7.63. The van der Waals surface area contributed by atoms with E-state index in [-0.39, 0.29) is 10.7 Å². The third kappa shape index (κ3) is 2.63. The van der Waals surface area contributed by atoms with Gasteiger partial charge in [-0.2, -0.15) is 5.10 Å². The minimum atomic E-state index is -1.03. The minimum absolute atomic E-state index is 0.102. The highest BCUT2D eigenvalue weighted by Crippen LogP contribution is 2.25. The molecule has 4 nitrogen and oxygen atoms in total. The van der Waals surface area contributed by atoms with Gasteiger partial charge in [0.25, 0.3) is 0 Å². The number of hydrogen-bond donors (Lipinski definition) is 1. The van der Waals surface area contributed by atoms with Crippen LogP contribution < -0.4 is 0 Å². The maximum absolute atomic E-state index is 11.3. The van der Waals surface area contributed by atoms with Crippen molar-refractivity contribution in [2.24, 2.45) is 0 Å². The summed E-state index contributed by atoms with van der Waals surface area (Å²) >= 11 is 6.17. The molecule has 0 aliphatic rings. The van der Waals surface area contributed by atoms with Gasteiger partial charge in [0, 0.05) is 0 Å². The summed E-state index contributed by atoms with van der Waals surface area (Å²) in [5.74, 6) is -1.03. The monoisotopic (exact) mass is 278 g/mol. The maximum Gasteiger partial charge on any atom is 0.340 e. The topological polar surface area (TPSA) is 55.1 Å². The van der Waals surface area contributed by atoms with Crippen molar-refractivity contribution in [2.75, 3.05) is 0 Å². The van der Waals surface area contributed by atoms with E-state index in [2.05, 4.69) is 5.10 Å². The van der Waals surface area contributed by atoms with Crippen molar-refractivity contribution in [3.05, 3.63) is 46.2 Å². The van der Waals surface area contributed by atoms with Crippen LogP contribution >= 0.6 is 11.6 Å². The average molecular weight is 279 g/mol. The number of hydrogen-bond acceptors (Lipinski definition) is 2. The number of aromatic nitrogens is 2. The van der Waals surface area contributed by atoms with E-state index in [1.165, 1.54) is 4.68 Å². The van der Waals surface area contributed by atoms with E-state index in [0.29, 0.717) is 12.1 Å². The van der Waals surface area contributed by atoms with Gasteiger partial charge in [-0.3, -0.25) is 0 Å². The number of aryl methyl sites for hydroxylation is 2. The molecule has 0 atom stereocenters. The van der Waals surface area contributed by atoms with Gasteiger partial charge in [-0.05, 0) is 31.0 Å². The van der Waals surface area contributed by atoms with Gasteiger partial charge in [0.05, 0.1) is 11.4 Å². The smallest absolute Gasteiger partial charge is 0.340 e. The normalized spacial score (nSPS) is 10.7. The van der Waals surface area contributed by atoms with Crippen LogP contribution in [0, 0.1) is 6.92 Å². The second kappa shape index (κ2) is 5.45. The van der Waals surface area contributed by atoms with E-state index in [4.69, 9.17) is 11.6 Å². The molecule has 2 rings (SSSR count). The molecule has 0 saturated heterocycles. The summed E-state index contributed by atoms with van der Waals surface area (Å²) in [7, 11) is 0. The van der Waals surface area contributed by atoms with E-state index in [0.717, 1.165) is 17.7 Å². The lowest BCUT2D eigenvalue weighted by Gasteiger charge is -2.03. The molecule has 0 aliphatic heterocycles. The Balaban J connectivity index is 2.59. The minimum Gasteiger partial charge on any atom is -0.478 e. The van der Waals surface area contributed by atoms with Crippen molar-refractivity contribution in [1.29, 1.82) is 0 Å². The molecular formula is C14H15ClN2O2. The van der Waals surface area contributed by atoms with Crippen molar-refractivity contribution in [2.45, 2.75) is 26.7 Å². The molecule has 19 heavy (non-hydrogen) atoms. The zero-order chi connectivity index (χ0) is 14.0. The van der Waals surface area contributed by atoms with Gasteiger partial charge in [0.1, 0.15) is 10.7 Å². The van der Waals surface area contributed by atoms with E-state index < -0.39 is 5.97 Å². The molecule has 0 fully saturated rings. The van der Waals surface area contributed by atoms with Crippen LogP contribution in [0.4, 0.5) is 0 Å². The van der Waals surface area contributed by atoms with Crippen LogP contribution in [-0.2, 0) is 6.42 Å². The first kappa shape index (κ1) is 13.6. The number of carboxylic acid groups (broad SMARTS) is 1. The SMILES string of the molecule is CCCc1nn(-c2cccc(C)c2)c(Cl)c1C(=O)O. The van der Waals surface area contributed by atoms with Crippen LogP contribution in [0.5, 0.6) is 0 Å². The van der Waals surface area contributed by atoms with E-state index >= 15 is 0 Å². The summed E-state index contributed by atoms with van der Waals surface area (Å²) in [5.41, 5.74) is 2.47. The fourth-order valence-electron chi connectivity index (χ4n) is 1.99. The van der Waals surface area contributed by atoms with E-state index in [9.17, 15) is 9.90 Å². The van der Waals surface area contributed by atoms with Crippen molar-refractivity contribution in [3.63, 3.8) is 0 Å². The van der Waals surface area contributed by atoms with Gasteiger partial charge in [-0.1, -0.05) is 37.1 Å². The molecule has 2 aromatic rings. The first-order valence-electron chi connectivity index (χ1n) is 6.12. The number of benzene rings is 1. The lowest BCUT2D eigenvalue weighted by atomic mass is 10.2. The first-order chi connectivity index (χ1) is 9.04. The summed E-state index contributed by atoms with van der Waals surface area (Å²) in [6.45, 7) is 3.94. The Labute approximate surface area is 116 Å². The number of halogens is 1. The van der Waals surface area contributed by atoms with Crippen LogP contribution in [0.25, 0.3) is 5.69 Å². The Bertz CT molecular complexity index is 620. The molecule has 1 N–H and O–H groups in total. The second-order valence-corrected chi connectivity index (χ2v) is 4.78. The van der Waals surface area contributed by atoms with Crippen LogP contribution in [0.3, 0.4) is 0 Å². The predicted molar refractivity (Wildman–Crippen MR) is 74.3 cm³/mol. The molecule has 0 spiro atoms. The van der Waals surface area contributed by atoms with E-state index in [1.807, 2.05) is 38.1 Å². The Morgan fingerprint density at radius 2 is 2.21 bits per heavy atom. The van der Waals surface area contributed by atoms with Crippen LogP contribution in [-0.4, -0.2) is 20.9 Å². The molecule has 1 aromatic carbocycles. The predicted octanol–water partition coefficient (Wildman–Crippen LogP) is 3.48. The average Bonchev–Trinajstić information content (AvgIpc) is 2.67. The molecule has 0 saturated carbocycles. The van der Waals surface area contributed by atoms with Gasteiger partial charge in [-0.25, -0.2) is 9.48 Å². The third-order valence-electron chi connectivity index (χ3n) is 2.85. The van der Waals surface area contributed by atoms with Crippen molar-refractivity contribution < 1.29 is 9.90 Å². The van der Waals surface area contributed by atoms with E-state index in [1.54, 1.807) is 0 Å². The van der Waals surface area contributed by atoms with Crippen LogP contribution in [0.2, 0.25) is 5.15 Å². The second-order valence-electron chi connectivity index (χ2n) is 4.42. The lowest BCUT2D eigenvalue weighted by molar-refractivity contribution is 0.0696. The quantitative estimate of drug-likeness (QED) is 0.931. The number of nitrogens with zero attached hydrogens (tertiary/aromatic N) is 2. The number of carbonyl (C=O) groups is 1. The summed E-state index contributed by atoms with van der Waals surface area (Å²) in [6.07, 6.45) is 1.42. The molecule has 1 aromatic heterocycles. The van der Waals surface area contributed by atoms with Crippen molar-refractivity contribution in [3.8, 4) is 5.69 Å². The molecule has 0 aliphatic carbocycles. The molecule has 0 amide bonds. The van der Waals surface area contributed by atoms with Crippen LogP contribution in [0.1, 0.15) is 35.0 Å². The Morgan fingerprint density at radius 1 is 1.47 bits per heavy atom. The molecule has 100 valence electrons. The standard InChI is InChI=1S/C14H15ClN2O2/c1-3-5-11-12(14(18)19)13(15)17(16-11)10-7-4-6-9(2)8-10/h4,6-8H,3,5H2,1-2H3,(H,18,19). The molecule has 5 heteroatoms. The molecule has 0 unspecified atom stereocenters. The summed E-state index contributed by atoms with van der Waals surface area (Å²) in [4.78, 5) is 11.3. The summed E-state index contributed by atoms with van der Waals surface area (Å²) in [5, 5.41) is 13.7. The highest BCUT2D eigenvalue weighted by molar-refractivity contribution is 6.32. The van der Waals surface area contributed by atoms with Crippen molar-refractivity contribution in [1.82, 2.24) is 9.78 Å². The Kier molecular flexibility index (Phi) is 3.90. The van der Waals surface area contributed by atoms with Gasteiger partial charge in [-0.15, -0.1) is 0 Å². The number of carboxylic acids is 1. The number of aromatic carboxylic acids is 1. The van der Waals surface area contributed by atoms with Gasteiger partial charge < -0.3 is 5.11 Å². The van der Waals surface area contributed by atoms with Gasteiger partial charge in [0.15, 0.2) is 0 Å². The Hall–Kier alpha value is -1.81. The largest absolute Gasteiger partial charge is 0.478 e. The Morgan fingerprint density at radius 3 is 2.79 bits per heavy atom. The summed E-state index contributed by atoms with van der Waals surface area (Å²) < 4.78 is 1.49. The first-order valence-corrected chi connectivity index (χ1v) is 6.50. The highest BCUT2D eigenvalue weighted by atomic mass is 35.5. The fraction of sp³-hybridized carbons (Fsp3) is 0.286. The molecule has 0 bridgehead atoms. The zero-order valence-corrected chi connectivity index (χ0v) is 11.6. The van der Waals surface area contributed by atoms with Gasteiger partial charge >= 0.3 is 5.97 Å². The lowest BCUT2D eigenvalue weighted by Crippen LogP contribution is -2.00. The highest BCUT2D eigenvalue weighted by Gasteiger charge is 2.22. The van der Waals surface area contributed by atoms with Crippen molar-refractivity contribution >= 4 is 17.6 Å². The van der Waals surface area contributed by atoms with Gasteiger partial charge in [0.2, 0.25) is 0 Å².